The van der Waals surface area contributed by atoms with Gasteiger partial charge < -0.3 is 0 Å². The van der Waals surface area contributed by atoms with E-state index in [2.05, 4.69) is 72.4 Å². The van der Waals surface area contributed by atoms with E-state index in [1.807, 2.05) is 24.3 Å². The van der Waals surface area contributed by atoms with Crippen molar-refractivity contribution in [1.82, 2.24) is 15.0 Å². The van der Waals surface area contributed by atoms with Gasteiger partial charge in [-0.3, -0.25) is 0 Å². The van der Waals surface area contributed by atoms with E-state index in [-0.39, 0.29) is 9.49 Å². The van der Waals surface area contributed by atoms with Crippen LogP contribution >= 0.6 is 39.5 Å². The fourth-order valence-electron chi connectivity index (χ4n) is 1.71. The Hall–Kier alpha value is -0.590. The molecule has 0 fully saturated rings. The van der Waals surface area contributed by atoms with Crippen molar-refractivity contribution in [2.24, 2.45) is 0 Å². The zero-order chi connectivity index (χ0) is 17.3. The third-order valence-corrected chi connectivity index (χ3v) is 4.98. The molecule has 0 aliphatic rings. The molecule has 1 aromatic carbocycles. The van der Waals surface area contributed by atoms with Gasteiger partial charge in [0.2, 0.25) is 0 Å². The molecule has 0 spiro atoms. The van der Waals surface area contributed by atoms with E-state index in [4.69, 9.17) is 0 Å². The minimum Gasteiger partial charge on any atom is -0.202 e. The number of thioether (sulfide) groups is 2. The molecular formula is C17H22BrN3S2. The monoisotopic (exact) mass is 411 g/mol. The maximum absolute atomic E-state index is 4.66. The van der Waals surface area contributed by atoms with E-state index in [1.165, 1.54) is 0 Å². The molecule has 1 heterocycles. The van der Waals surface area contributed by atoms with E-state index in [0.717, 1.165) is 26.2 Å². The van der Waals surface area contributed by atoms with Crippen molar-refractivity contribution >= 4 is 39.5 Å². The van der Waals surface area contributed by atoms with Crippen molar-refractivity contribution in [2.75, 3.05) is 0 Å². The van der Waals surface area contributed by atoms with Gasteiger partial charge in [0.05, 0.1) is 0 Å². The second-order valence-electron chi connectivity index (χ2n) is 7.16. The molecule has 0 radical (unpaired) electrons. The molecule has 0 aliphatic heterocycles. The summed E-state index contributed by atoms with van der Waals surface area (Å²) in [4.78, 5) is 14.0. The van der Waals surface area contributed by atoms with Crippen molar-refractivity contribution in [3.8, 4) is 11.4 Å². The smallest absolute Gasteiger partial charge is 0.192 e. The largest absolute Gasteiger partial charge is 0.202 e. The molecule has 23 heavy (non-hydrogen) atoms. The van der Waals surface area contributed by atoms with Crippen LogP contribution < -0.4 is 0 Å². The lowest BCUT2D eigenvalue weighted by Gasteiger charge is -2.19. The van der Waals surface area contributed by atoms with Gasteiger partial charge in [-0.05, 0) is 12.1 Å². The second-order valence-corrected chi connectivity index (χ2v) is 11.7. The SMILES string of the molecule is CC(C)(C)Sc1nc(SC(C)(C)C)nc(-c2ccc(Br)cc2)n1. The van der Waals surface area contributed by atoms with Crippen LogP contribution in [0.4, 0.5) is 0 Å². The van der Waals surface area contributed by atoms with E-state index in [1.54, 1.807) is 23.5 Å². The highest BCUT2D eigenvalue weighted by Crippen LogP contribution is 2.34. The van der Waals surface area contributed by atoms with Crippen molar-refractivity contribution in [3.05, 3.63) is 28.7 Å². The molecule has 0 atom stereocenters. The average molecular weight is 412 g/mol. The summed E-state index contributed by atoms with van der Waals surface area (Å²) in [6.45, 7) is 13.0. The molecule has 0 aliphatic carbocycles. The first-order chi connectivity index (χ1) is 10.5. The number of benzene rings is 1. The van der Waals surface area contributed by atoms with Gasteiger partial charge in [-0.15, -0.1) is 0 Å². The topological polar surface area (TPSA) is 38.7 Å². The zero-order valence-electron chi connectivity index (χ0n) is 14.3. The number of hydrogen-bond donors (Lipinski definition) is 0. The Morgan fingerprint density at radius 2 is 1.17 bits per heavy atom. The molecule has 0 bridgehead atoms. The fourth-order valence-corrected chi connectivity index (χ4v) is 3.65. The third-order valence-electron chi connectivity index (χ3n) is 2.49. The lowest BCUT2D eigenvalue weighted by molar-refractivity contribution is 0.751. The lowest BCUT2D eigenvalue weighted by atomic mass is 10.2. The molecule has 0 unspecified atom stereocenters. The van der Waals surface area contributed by atoms with Crippen LogP contribution in [0, 0.1) is 0 Å². The Bertz CT molecular complexity index is 639. The molecule has 124 valence electrons. The van der Waals surface area contributed by atoms with Crippen LogP contribution in [0.2, 0.25) is 0 Å². The molecular weight excluding hydrogens is 390 g/mol. The predicted octanol–water partition coefficient (Wildman–Crippen LogP) is 6.08. The Kier molecular flexibility index (Phi) is 5.80. The van der Waals surface area contributed by atoms with Gasteiger partial charge in [-0.2, -0.15) is 4.98 Å². The van der Waals surface area contributed by atoms with Crippen LogP contribution in [0.25, 0.3) is 11.4 Å². The first-order valence-corrected chi connectivity index (χ1v) is 9.84. The van der Waals surface area contributed by atoms with Gasteiger partial charge in [-0.25, -0.2) is 9.97 Å². The molecule has 2 aromatic rings. The summed E-state index contributed by atoms with van der Waals surface area (Å²) in [7, 11) is 0. The van der Waals surface area contributed by atoms with E-state index in [9.17, 15) is 0 Å². The van der Waals surface area contributed by atoms with Crippen LogP contribution in [0.3, 0.4) is 0 Å². The van der Waals surface area contributed by atoms with Gasteiger partial charge in [0.25, 0.3) is 0 Å². The van der Waals surface area contributed by atoms with Crippen LogP contribution in [-0.4, -0.2) is 24.4 Å². The minimum absolute atomic E-state index is 0.0575. The fraction of sp³-hybridized carbons (Fsp3) is 0.471. The minimum atomic E-state index is 0.0575. The van der Waals surface area contributed by atoms with Crippen molar-refractivity contribution in [1.29, 1.82) is 0 Å². The van der Waals surface area contributed by atoms with E-state index in [0.29, 0.717) is 0 Å². The number of nitrogens with zero attached hydrogens (tertiary/aromatic N) is 3. The highest BCUT2D eigenvalue weighted by molar-refractivity contribution is 9.10. The quantitative estimate of drug-likeness (QED) is 0.571. The summed E-state index contributed by atoms with van der Waals surface area (Å²) < 4.78 is 1.16. The summed E-state index contributed by atoms with van der Waals surface area (Å²) in [6, 6.07) is 8.06. The molecule has 3 nitrogen and oxygen atoms in total. The summed E-state index contributed by atoms with van der Waals surface area (Å²) in [5, 5.41) is 1.55. The third kappa shape index (κ3) is 6.43. The molecule has 6 heteroatoms. The predicted molar refractivity (Wildman–Crippen MR) is 104 cm³/mol. The average Bonchev–Trinajstić information content (AvgIpc) is 2.34. The van der Waals surface area contributed by atoms with E-state index < -0.39 is 0 Å². The van der Waals surface area contributed by atoms with Crippen LogP contribution in [0.5, 0.6) is 0 Å². The van der Waals surface area contributed by atoms with Crippen LogP contribution in [-0.2, 0) is 0 Å². The van der Waals surface area contributed by atoms with Crippen LogP contribution in [0.1, 0.15) is 41.5 Å². The second kappa shape index (κ2) is 7.11. The Morgan fingerprint density at radius 3 is 1.57 bits per heavy atom. The Balaban J connectivity index is 2.45. The Labute approximate surface area is 155 Å². The molecule has 0 N–H and O–H groups in total. The first-order valence-electron chi connectivity index (χ1n) is 7.42. The normalized spacial score (nSPS) is 12.5. The zero-order valence-corrected chi connectivity index (χ0v) is 17.6. The summed E-state index contributed by atoms with van der Waals surface area (Å²) >= 11 is 6.80. The number of hydrogen-bond acceptors (Lipinski definition) is 5. The molecule has 2 rings (SSSR count). The number of halogens is 1. The van der Waals surface area contributed by atoms with Crippen molar-refractivity contribution < 1.29 is 0 Å². The van der Waals surface area contributed by atoms with Crippen molar-refractivity contribution in [3.63, 3.8) is 0 Å². The molecule has 0 saturated carbocycles. The first kappa shape index (κ1) is 18.7. The molecule has 0 saturated heterocycles. The maximum Gasteiger partial charge on any atom is 0.192 e. The van der Waals surface area contributed by atoms with Gasteiger partial charge in [-0.1, -0.05) is 93.1 Å². The van der Waals surface area contributed by atoms with Crippen LogP contribution in [0.15, 0.2) is 39.1 Å². The maximum atomic E-state index is 4.66. The van der Waals surface area contributed by atoms with Gasteiger partial charge >= 0.3 is 0 Å². The van der Waals surface area contributed by atoms with Gasteiger partial charge in [0, 0.05) is 19.5 Å². The lowest BCUT2D eigenvalue weighted by Crippen LogP contribution is -2.12. The highest BCUT2D eigenvalue weighted by Gasteiger charge is 2.20. The van der Waals surface area contributed by atoms with Gasteiger partial charge in [0.1, 0.15) is 0 Å². The number of rotatable bonds is 3. The summed E-state index contributed by atoms with van der Waals surface area (Å²) in [6.07, 6.45) is 0. The van der Waals surface area contributed by atoms with E-state index >= 15 is 0 Å². The highest BCUT2D eigenvalue weighted by atomic mass is 79.9. The number of aromatic nitrogens is 3. The summed E-state index contributed by atoms with van der Waals surface area (Å²) in [5.41, 5.74) is 1.00. The molecule has 0 amide bonds. The summed E-state index contributed by atoms with van der Waals surface area (Å²) in [5.74, 6) is 0.728. The molecule has 1 aromatic heterocycles. The Morgan fingerprint density at radius 1 is 0.739 bits per heavy atom. The van der Waals surface area contributed by atoms with Crippen molar-refractivity contribution in [2.45, 2.75) is 61.3 Å². The standard InChI is InChI=1S/C17H22BrN3S2/c1-16(2,3)22-14-19-13(11-7-9-12(18)10-8-11)20-15(21-14)23-17(4,5)6/h7-10H,1-6H3. The van der Waals surface area contributed by atoms with Gasteiger partial charge in [0.15, 0.2) is 16.1 Å².